The fraction of sp³-hybridized carbons (Fsp3) is 0.636. The highest BCUT2D eigenvalue weighted by Gasteiger charge is 2.82. The van der Waals surface area contributed by atoms with Gasteiger partial charge in [-0.25, -0.2) is 22.2 Å². The van der Waals surface area contributed by atoms with Crippen molar-refractivity contribution >= 4 is 5.91 Å². The summed E-state index contributed by atoms with van der Waals surface area (Å²) in [7, 11) is 0. The molecule has 1 saturated heterocycles. The highest BCUT2D eigenvalue weighted by Crippen LogP contribution is 2.83. The first kappa shape index (κ1) is 22.2. The average molecular weight is 467 g/mol. The Kier molecular flexibility index (Phi) is 4.86. The molecule has 11 heteroatoms. The second-order valence-corrected chi connectivity index (χ2v) is 10.0. The molecular weight excluding hydrogens is 442 g/mol. The Morgan fingerprint density at radius 1 is 1.21 bits per heavy atom. The van der Waals surface area contributed by atoms with Crippen molar-refractivity contribution < 1.29 is 27.5 Å². The SMILES string of the molecule is CC(=O)N1CCC(C23CC(C(F)(F)[C@@](O)(Cn4cnnn4)c4ccc(F)cc4F)(C2)C3)CC1. The molecule has 2 heterocycles. The van der Waals surface area contributed by atoms with Crippen LogP contribution in [0.1, 0.15) is 44.6 Å². The molecule has 1 aromatic carbocycles. The lowest BCUT2D eigenvalue weighted by atomic mass is 9.29. The molecule has 33 heavy (non-hydrogen) atoms. The first-order valence-electron chi connectivity index (χ1n) is 11.0. The number of benzene rings is 1. The standard InChI is InChI=1S/C22H25F4N5O2/c1-14(32)30-6-4-15(5-7-30)19-9-20(10-19,11-19)22(25,26)21(33,12-31-13-27-28-29-31)17-3-2-16(23)8-18(17)24/h2-3,8,13,15,33H,4-7,9-12H2,1H3/t19?,20?,21-/m1/s1. The van der Waals surface area contributed by atoms with Crippen molar-refractivity contribution in [2.24, 2.45) is 16.7 Å². The third-order valence-electron chi connectivity index (χ3n) is 8.22. The van der Waals surface area contributed by atoms with Gasteiger partial charge in [0, 0.05) is 37.1 Å². The second kappa shape index (κ2) is 7.22. The molecule has 1 amide bonds. The van der Waals surface area contributed by atoms with E-state index in [0.29, 0.717) is 19.2 Å². The topological polar surface area (TPSA) is 84.1 Å². The van der Waals surface area contributed by atoms with E-state index in [1.165, 1.54) is 6.92 Å². The molecule has 6 rings (SSSR count). The maximum absolute atomic E-state index is 16.2. The molecule has 7 nitrogen and oxygen atoms in total. The third kappa shape index (κ3) is 3.11. The Morgan fingerprint density at radius 2 is 1.88 bits per heavy atom. The summed E-state index contributed by atoms with van der Waals surface area (Å²) in [5.74, 6) is -5.63. The normalized spacial score (nSPS) is 29.2. The lowest BCUT2D eigenvalue weighted by Crippen LogP contribution is -2.76. The van der Waals surface area contributed by atoms with Gasteiger partial charge in [-0.05, 0) is 66.0 Å². The van der Waals surface area contributed by atoms with E-state index in [1.807, 2.05) is 0 Å². The number of carbonyl (C=O) groups is 1. The Bertz CT molecular complexity index is 1050. The molecule has 1 atom stereocenters. The molecular formula is C22H25F4N5O2. The van der Waals surface area contributed by atoms with Crippen molar-refractivity contribution in [3.63, 3.8) is 0 Å². The summed E-state index contributed by atoms with van der Waals surface area (Å²) in [6.45, 7) is 1.99. The number of aromatic nitrogens is 4. The van der Waals surface area contributed by atoms with Gasteiger partial charge in [-0.3, -0.25) is 4.79 Å². The van der Waals surface area contributed by atoms with Gasteiger partial charge in [-0.1, -0.05) is 0 Å². The number of likely N-dealkylation sites (tertiary alicyclic amines) is 1. The Hall–Kier alpha value is -2.56. The molecule has 4 aliphatic rings. The van der Waals surface area contributed by atoms with Gasteiger partial charge >= 0.3 is 0 Å². The fourth-order valence-electron chi connectivity index (χ4n) is 6.54. The lowest BCUT2D eigenvalue weighted by Gasteiger charge is -2.76. The molecule has 3 saturated carbocycles. The van der Waals surface area contributed by atoms with Crippen LogP contribution in [0.5, 0.6) is 0 Å². The van der Waals surface area contributed by atoms with Crippen molar-refractivity contribution in [1.29, 1.82) is 0 Å². The number of hydrogen-bond donors (Lipinski definition) is 1. The van der Waals surface area contributed by atoms with Crippen LogP contribution in [0.2, 0.25) is 0 Å². The predicted molar refractivity (Wildman–Crippen MR) is 107 cm³/mol. The second-order valence-electron chi connectivity index (χ2n) is 10.0. The number of amides is 1. The average Bonchev–Trinajstić information content (AvgIpc) is 3.18. The number of hydrogen-bond acceptors (Lipinski definition) is 5. The van der Waals surface area contributed by atoms with Gasteiger partial charge in [-0.2, -0.15) is 0 Å². The molecule has 178 valence electrons. The largest absolute Gasteiger partial charge is 0.377 e. The minimum Gasteiger partial charge on any atom is -0.377 e. The van der Waals surface area contributed by atoms with E-state index in [2.05, 4.69) is 15.5 Å². The van der Waals surface area contributed by atoms with Crippen molar-refractivity contribution in [1.82, 2.24) is 25.1 Å². The molecule has 0 spiro atoms. The quantitative estimate of drug-likeness (QED) is 0.661. The van der Waals surface area contributed by atoms with Crippen LogP contribution in [0.4, 0.5) is 17.6 Å². The van der Waals surface area contributed by atoms with Crippen LogP contribution in [0, 0.1) is 28.4 Å². The fourth-order valence-corrected chi connectivity index (χ4v) is 6.54. The van der Waals surface area contributed by atoms with Gasteiger partial charge in [0.15, 0.2) is 5.60 Å². The van der Waals surface area contributed by atoms with Crippen LogP contribution in [0.3, 0.4) is 0 Å². The summed E-state index contributed by atoms with van der Waals surface area (Å²) in [6.07, 6.45) is 3.26. The summed E-state index contributed by atoms with van der Waals surface area (Å²) >= 11 is 0. The number of carbonyl (C=O) groups excluding carboxylic acids is 1. The minimum absolute atomic E-state index is 0.0167. The van der Waals surface area contributed by atoms with E-state index in [0.717, 1.165) is 36.0 Å². The van der Waals surface area contributed by atoms with E-state index >= 15 is 8.78 Å². The zero-order valence-corrected chi connectivity index (χ0v) is 18.1. The zero-order valence-electron chi connectivity index (χ0n) is 18.1. The van der Waals surface area contributed by atoms with Gasteiger partial charge in [0.2, 0.25) is 5.91 Å². The molecule has 1 aliphatic heterocycles. The van der Waals surface area contributed by atoms with Crippen molar-refractivity contribution in [2.75, 3.05) is 13.1 Å². The maximum Gasteiger partial charge on any atom is 0.287 e. The van der Waals surface area contributed by atoms with E-state index in [1.54, 1.807) is 4.90 Å². The van der Waals surface area contributed by atoms with Crippen LogP contribution in [0.25, 0.3) is 0 Å². The number of rotatable bonds is 6. The monoisotopic (exact) mass is 467 g/mol. The molecule has 0 radical (unpaired) electrons. The lowest BCUT2D eigenvalue weighted by molar-refractivity contribution is -0.382. The van der Waals surface area contributed by atoms with Gasteiger partial charge < -0.3 is 10.0 Å². The maximum atomic E-state index is 16.2. The number of halogens is 4. The summed E-state index contributed by atoms with van der Waals surface area (Å²) in [5, 5.41) is 21.8. The van der Waals surface area contributed by atoms with Crippen LogP contribution in [-0.4, -0.2) is 55.1 Å². The summed E-state index contributed by atoms with van der Waals surface area (Å²) in [4.78, 5) is 13.4. The highest BCUT2D eigenvalue weighted by molar-refractivity contribution is 5.73. The van der Waals surface area contributed by atoms with Crippen LogP contribution in [0.15, 0.2) is 24.5 Å². The van der Waals surface area contributed by atoms with E-state index in [-0.39, 0.29) is 36.5 Å². The summed E-state index contributed by atoms with van der Waals surface area (Å²) < 4.78 is 61.4. The molecule has 3 aliphatic carbocycles. The summed E-state index contributed by atoms with van der Waals surface area (Å²) in [6, 6.07) is 2.20. The van der Waals surface area contributed by atoms with Crippen LogP contribution < -0.4 is 0 Å². The molecule has 1 aromatic heterocycles. The van der Waals surface area contributed by atoms with Crippen molar-refractivity contribution in [3.05, 3.63) is 41.7 Å². The van der Waals surface area contributed by atoms with Crippen LogP contribution >= 0.6 is 0 Å². The van der Waals surface area contributed by atoms with E-state index in [9.17, 15) is 18.7 Å². The van der Waals surface area contributed by atoms with Crippen molar-refractivity contribution in [2.45, 2.75) is 57.1 Å². The van der Waals surface area contributed by atoms with Crippen molar-refractivity contribution in [3.8, 4) is 0 Å². The number of piperidine rings is 1. The number of aliphatic hydroxyl groups is 1. The van der Waals surface area contributed by atoms with Crippen LogP contribution in [-0.2, 0) is 16.9 Å². The molecule has 1 N–H and O–H groups in total. The molecule has 2 bridgehead atoms. The zero-order chi connectivity index (χ0) is 23.6. The highest BCUT2D eigenvalue weighted by atomic mass is 19.3. The first-order chi connectivity index (χ1) is 15.5. The summed E-state index contributed by atoms with van der Waals surface area (Å²) in [5.41, 5.74) is -5.36. The predicted octanol–water partition coefficient (Wildman–Crippen LogP) is 2.90. The van der Waals surface area contributed by atoms with E-state index < -0.39 is 40.7 Å². The Labute approximate surface area is 187 Å². The van der Waals surface area contributed by atoms with Gasteiger partial charge in [0.25, 0.3) is 5.92 Å². The van der Waals surface area contributed by atoms with Gasteiger partial charge in [-0.15, -0.1) is 5.10 Å². The molecule has 0 unspecified atom stereocenters. The minimum atomic E-state index is -3.72. The number of tetrazole rings is 1. The molecule has 4 fully saturated rings. The van der Waals surface area contributed by atoms with Gasteiger partial charge in [0.1, 0.15) is 18.0 Å². The Morgan fingerprint density at radius 3 is 2.42 bits per heavy atom. The number of alkyl halides is 2. The molecule has 2 aromatic rings. The first-order valence-corrected chi connectivity index (χ1v) is 11.0. The Balaban J connectivity index is 1.41. The van der Waals surface area contributed by atoms with Gasteiger partial charge in [0.05, 0.1) is 6.54 Å². The number of nitrogens with zero attached hydrogens (tertiary/aromatic N) is 5. The van der Waals surface area contributed by atoms with E-state index in [4.69, 9.17) is 0 Å². The third-order valence-corrected chi connectivity index (χ3v) is 8.22. The smallest absolute Gasteiger partial charge is 0.287 e.